The van der Waals surface area contributed by atoms with Crippen LogP contribution in [0.25, 0.3) is 17.3 Å². The van der Waals surface area contributed by atoms with Gasteiger partial charge in [-0.3, -0.25) is 14.2 Å². The highest BCUT2D eigenvalue weighted by molar-refractivity contribution is 7.98. The molecule has 0 radical (unpaired) electrons. The quantitative estimate of drug-likeness (QED) is 0.323. The van der Waals surface area contributed by atoms with Crippen LogP contribution < -0.4 is 14.8 Å². The minimum absolute atomic E-state index is 0.0544. The average molecular weight is 469 g/mol. The lowest BCUT2D eigenvalue weighted by Gasteiger charge is -2.04. The Labute approximate surface area is 199 Å². The number of ketones is 1. The van der Waals surface area contributed by atoms with E-state index in [-0.39, 0.29) is 11.1 Å². The van der Waals surface area contributed by atoms with Crippen LogP contribution in [0.2, 0.25) is 0 Å². The molecule has 0 aliphatic carbocycles. The van der Waals surface area contributed by atoms with E-state index in [4.69, 9.17) is 0 Å². The Morgan fingerprint density at radius 3 is 2.27 bits per heavy atom. The zero-order valence-corrected chi connectivity index (χ0v) is 19.7. The van der Waals surface area contributed by atoms with Gasteiger partial charge in [0.1, 0.15) is 16.3 Å². The van der Waals surface area contributed by atoms with Crippen molar-refractivity contribution in [3.8, 4) is 11.8 Å². The largest absolute Gasteiger partial charge is 0.288 e. The maximum atomic E-state index is 13.5. The lowest BCUT2D eigenvalue weighted by molar-refractivity contribution is 0.105. The second kappa shape index (κ2) is 9.86. The number of carbonyl (C=O) groups excluding carboxylic acids is 1. The highest BCUT2D eigenvalue weighted by Gasteiger charge is 2.18. The molecule has 0 saturated heterocycles. The number of thioether (sulfide) groups is 1. The molecule has 0 saturated carbocycles. The first-order chi connectivity index (χ1) is 16.0. The fraction of sp³-hybridized carbons (Fsp3) is 0.0741. The number of benzene rings is 3. The molecule has 3 aromatic carbocycles. The Hall–Kier alpha value is -3.66. The van der Waals surface area contributed by atoms with Gasteiger partial charge in [0.15, 0.2) is 0 Å². The number of aryl methyl sites for hydroxylation is 1. The van der Waals surface area contributed by atoms with E-state index in [1.807, 2.05) is 67.8 Å². The summed E-state index contributed by atoms with van der Waals surface area (Å²) in [5.74, 6) is -0.406. The van der Waals surface area contributed by atoms with Gasteiger partial charge < -0.3 is 0 Å². The van der Waals surface area contributed by atoms with Gasteiger partial charge in [-0.2, -0.15) is 5.26 Å². The van der Waals surface area contributed by atoms with Gasteiger partial charge in [0, 0.05) is 10.5 Å². The second-order valence-corrected chi connectivity index (χ2v) is 9.26. The first kappa shape index (κ1) is 22.5. The standard InChI is InChI=1S/C27H20N2O2S2/c1-18-8-12-21(13-9-18)29-26(31)24(16-19-10-14-22(32-2)15-11-19)33-27(29)23(17-28)25(30)20-6-4-3-5-7-20/h3-16H,1-2H3/b24-16-,27-23-. The van der Waals surface area contributed by atoms with Crippen LogP contribution in [-0.4, -0.2) is 16.6 Å². The monoisotopic (exact) mass is 468 g/mol. The zero-order chi connectivity index (χ0) is 23.4. The summed E-state index contributed by atoms with van der Waals surface area (Å²) < 4.78 is 2.24. The Balaban J connectivity index is 2.02. The maximum Gasteiger partial charge on any atom is 0.273 e. The van der Waals surface area contributed by atoms with Crippen molar-refractivity contribution >= 4 is 40.5 Å². The van der Waals surface area contributed by atoms with Crippen molar-refractivity contribution in [2.24, 2.45) is 0 Å². The molecule has 4 aromatic rings. The Morgan fingerprint density at radius 1 is 1.00 bits per heavy atom. The molecule has 0 atom stereocenters. The van der Waals surface area contributed by atoms with Gasteiger partial charge in [-0.05, 0) is 49.1 Å². The zero-order valence-electron chi connectivity index (χ0n) is 18.1. The number of thiazole rings is 1. The van der Waals surface area contributed by atoms with Crippen LogP contribution in [0.3, 0.4) is 0 Å². The molecule has 0 spiro atoms. The number of hydrogen-bond acceptors (Lipinski definition) is 5. The van der Waals surface area contributed by atoms with E-state index < -0.39 is 5.78 Å². The smallest absolute Gasteiger partial charge is 0.273 e. The van der Waals surface area contributed by atoms with E-state index in [9.17, 15) is 14.9 Å². The molecule has 0 bridgehead atoms. The molecular weight excluding hydrogens is 448 g/mol. The molecule has 0 N–H and O–H groups in total. The summed E-state index contributed by atoms with van der Waals surface area (Å²) in [7, 11) is 0. The molecule has 0 unspecified atom stereocenters. The predicted molar refractivity (Wildman–Crippen MR) is 135 cm³/mol. The molecule has 0 fully saturated rings. The summed E-state index contributed by atoms with van der Waals surface area (Å²) in [5.41, 5.74) is 2.63. The van der Waals surface area contributed by atoms with Crippen LogP contribution in [0, 0.1) is 18.3 Å². The van der Waals surface area contributed by atoms with Crippen LogP contribution in [0.5, 0.6) is 0 Å². The molecule has 162 valence electrons. The number of Topliss-reactive ketones (excluding diaryl/α,β-unsaturated/α-hetero) is 1. The van der Waals surface area contributed by atoms with Gasteiger partial charge in [-0.25, -0.2) is 0 Å². The summed E-state index contributed by atoms with van der Waals surface area (Å²) in [6, 6.07) is 26.1. The van der Waals surface area contributed by atoms with Crippen molar-refractivity contribution in [1.29, 1.82) is 5.26 Å². The number of aromatic nitrogens is 1. The van der Waals surface area contributed by atoms with Crippen molar-refractivity contribution in [3.05, 3.63) is 115 Å². The number of nitriles is 1. The van der Waals surface area contributed by atoms with Gasteiger partial charge in [0.25, 0.3) is 5.56 Å². The third-order valence-electron chi connectivity index (χ3n) is 5.12. The summed E-state index contributed by atoms with van der Waals surface area (Å²) in [6.07, 6.45) is 3.81. The summed E-state index contributed by atoms with van der Waals surface area (Å²) in [6.45, 7) is 1.96. The fourth-order valence-electron chi connectivity index (χ4n) is 3.36. The average Bonchev–Trinajstić information content (AvgIpc) is 3.16. The van der Waals surface area contributed by atoms with Crippen LogP contribution in [0.4, 0.5) is 0 Å². The van der Waals surface area contributed by atoms with Gasteiger partial charge in [0.2, 0.25) is 5.78 Å². The summed E-state index contributed by atoms with van der Waals surface area (Å²) in [4.78, 5) is 27.8. The predicted octanol–water partition coefficient (Wildman–Crippen LogP) is 4.32. The maximum absolute atomic E-state index is 13.5. The molecule has 0 amide bonds. The van der Waals surface area contributed by atoms with Crippen molar-refractivity contribution < 1.29 is 4.79 Å². The fourth-order valence-corrected chi connectivity index (χ4v) is 4.87. The number of hydrogen-bond donors (Lipinski definition) is 0. The number of rotatable bonds is 5. The van der Waals surface area contributed by atoms with Gasteiger partial charge >= 0.3 is 0 Å². The van der Waals surface area contributed by atoms with E-state index >= 15 is 0 Å². The highest BCUT2D eigenvalue weighted by atomic mass is 32.2. The molecule has 0 aliphatic heterocycles. The van der Waals surface area contributed by atoms with Crippen molar-refractivity contribution in [2.75, 3.05) is 6.26 Å². The van der Waals surface area contributed by atoms with Crippen LogP contribution in [-0.2, 0) is 0 Å². The summed E-state index contributed by atoms with van der Waals surface area (Å²) in [5, 5.41) is 9.95. The number of nitrogens with zero attached hydrogens (tertiary/aromatic N) is 2. The van der Waals surface area contributed by atoms with Crippen LogP contribution in [0.1, 0.15) is 21.5 Å². The third-order valence-corrected chi connectivity index (χ3v) is 6.95. The first-order valence-electron chi connectivity index (χ1n) is 10.2. The topological polar surface area (TPSA) is 62.9 Å². The minimum atomic E-state index is -0.406. The van der Waals surface area contributed by atoms with E-state index in [0.29, 0.717) is 20.4 Å². The van der Waals surface area contributed by atoms with Crippen LogP contribution in [0.15, 0.2) is 88.6 Å². The molecule has 4 nitrogen and oxygen atoms in total. The highest BCUT2D eigenvalue weighted by Crippen LogP contribution is 2.15. The lowest BCUT2D eigenvalue weighted by atomic mass is 10.1. The molecule has 4 rings (SSSR count). The first-order valence-corrected chi connectivity index (χ1v) is 12.2. The van der Waals surface area contributed by atoms with E-state index in [1.54, 1.807) is 42.1 Å². The van der Waals surface area contributed by atoms with E-state index in [1.165, 1.54) is 4.57 Å². The Kier molecular flexibility index (Phi) is 6.74. The Morgan fingerprint density at radius 2 is 1.67 bits per heavy atom. The molecule has 6 heteroatoms. The van der Waals surface area contributed by atoms with Crippen molar-refractivity contribution in [1.82, 2.24) is 4.57 Å². The normalized spacial score (nSPS) is 12.3. The molecule has 1 heterocycles. The van der Waals surface area contributed by atoms with Gasteiger partial charge in [-0.1, -0.05) is 60.2 Å². The lowest BCUT2D eigenvalue weighted by Crippen LogP contribution is -2.31. The van der Waals surface area contributed by atoms with E-state index in [0.717, 1.165) is 27.4 Å². The third kappa shape index (κ3) is 4.75. The van der Waals surface area contributed by atoms with Gasteiger partial charge in [-0.15, -0.1) is 23.1 Å². The SMILES string of the molecule is CSc1ccc(/C=c2\s/c(=C(/C#N)C(=O)c3ccccc3)n(-c3ccc(C)cc3)c2=O)cc1. The van der Waals surface area contributed by atoms with Crippen molar-refractivity contribution in [3.63, 3.8) is 0 Å². The molecular formula is C27H20N2O2S2. The summed E-state index contributed by atoms with van der Waals surface area (Å²) >= 11 is 2.80. The van der Waals surface area contributed by atoms with Crippen LogP contribution >= 0.6 is 23.1 Å². The van der Waals surface area contributed by atoms with Gasteiger partial charge in [0.05, 0.1) is 10.2 Å². The minimum Gasteiger partial charge on any atom is -0.288 e. The van der Waals surface area contributed by atoms with Crippen molar-refractivity contribution in [2.45, 2.75) is 11.8 Å². The molecule has 1 aromatic heterocycles. The Bertz CT molecular complexity index is 1520. The molecule has 33 heavy (non-hydrogen) atoms. The second-order valence-electron chi connectivity index (χ2n) is 7.35. The van der Waals surface area contributed by atoms with E-state index in [2.05, 4.69) is 6.07 Å². The molecule has 0 aliphatic rings. The number of carbonyl (C=O) groups is 1.